The lowest BCUT2D eigenvalue weighted by molar-refractivity contribution is 0.219. The molecule has 0 unspecified atom stereocenters. The van der Waals surface area contributed by atoms with E-state index >= 15 is 0 Å². The number of benzene rings is 1. The lowest BCUT2D eigenvalue weighted by atomic mass is 10.2. The quantitative estimate of drug-likeness (QED) is 0.743. The Hall–Kier alpha value is -0.740. The van der Waals surface area contributed by atoms with E-state index in [1.54, 1.807) is 11.3 Å². The molecule has 0 N–H and O–H groups in total. The summed E-state index contributed by atoms with van der Waals surface area (Å²) in [5, 5.41) is 1.03. The Morgan fingerprint density at radius 1 is 1.26 bits per heavy atom. The van der Waals surface area contributed by atoms with Gasteiger partial charge in [0.15, 0.2) is 0 Å². The lowest BCUT2D eigenvalue weighted by Crippen LogP contribution is -1.99. The average molecular weight is 299 g/mol. The van der Waals surface area contributed by atoms with Crippen LogP contribution < -0.4 is 0 Å². The summed E-state index contributed by atoms with van der Waals surface area (Å²) in [6, 6.07) is 5.94. The predicted molar refractivity (Wildman–Crippen MR) is 78.9 cm³/mol. The van der Waals surface area contributed by atoms with Gasteiger partial charge < -0.3 is 9.05 Å². The lowest BCUT2D eigenvalue weighted by Gasteiger charge is -2.16. The molecule has 1 aromatic heterocycles. The second-order valence-electron chi connectivity index (χ2n) is 4.14. The van der Waals surface area contributed by atoms with Crippen molar-refractivity contribution in [3.8, 4) is 0 Å². The van der Waals surface area contributed by atoms with Crippen LogP contribution in [0.3, 0.4) is 0 Å². The zero-order chi connectivity index (χ0) is 13.9. The largest absolute Gasteiger partial charge is 0.335 e. The van der Waals surface area contributed by atoms with Crippen LogP contribution in [0.15, 0.2) is 18.2 Å². The number of aryl methyl sites for hydroxylation is 1. The molecule has 0 atom stereocenters. The molecular formula is C13H18NO3PS. The summed E-state index contributed by atoms with van der Waals surface area (Å²) in [6.45, 7) is 6.39. The smallest absolute Gasteiger partial charge is 0.309 e. The van der Waals surface area contributed by atoms with Crippen LogP contribution in [0.2, 0.25) is 0 Å². The van der Waals surface area contributed by atoms with Gasteiger partial charge in [0.2, 0.25) is 0 Å². The van der Waals surface area contributed by atoms with Crippen molar-refractivity contribution in [2.45, 2.75) is 26.9 Å². The van der Waals surface area contributed by atoms with Gasteiger partial charge in [-0.05, 0) is 38.5 Å². The van der Waals surface area contributed by atoms with Crippen molar-refractivity contribution < 1.29 is 13.6 Å². The molecule has 104 valence electrons. The summed E-state index contributed by atoms with van der Waals surface area (Å²) in [5.41, 5.74) is 1.88. The van der Waals surface area contributed by atoms with Crippen molar-refractivity contribution in [2.24, 2.45) is 0 Å². The maximum Gasteiger partial charge on any atom is 0.335 e. The van der Waals surface area contributed by atoms with Crippen molar-refractivity contribution in [3.05, 3.63) is 28.8 Å². The Morgan fingerprint density at radius 2 is 1.95 bits per heavy atom. The van der Waals surface area contributed by atoms with E-state index in [2.05, 4.69) is 4.98 Å². The molecule has 0 aliphatic carbocycles. The van der Waals surface area contributed by atoms with Crippen LogP contribution in [0.25, 0.3) is 10.2 Å². The number of rotatable bonds is 6. The summed E-state index contributed by atoms with van der Waals surface area (Å²) in [7, 11) is -3.04. The Morgan fingerprint density at radius 3 is 2.58 bits per heavy atom. The third kappa shape index (κ3) is 3.63. The van der Waals surface area contributed by atoms with Gasteiger partial charge in [0.1, 0.15) is 0 Å². The third-order valence-electron chi connectivity index (χ3n) is 2.59. The Bertz CT molecular complexity index is 601. The highest BCUT2D eigenvalue weighted by atomic mass is 32.1. The summed E-state index contributed by atoms with van der Waals surface area (Å²) in [4.78, 5) is 4.44. The first-order chi connectivity index (χ1) is 9.06. The molecule has 0 saturated carbocycles. The molecule has 0 spiro atoms. The second kappa shape index (κ2) is 6.14. The van der Waals surface area contributed by atoms with Crippen LogP contribution >= 0.6 is 18.9 Å². The minimum atomic E-state index is -3.04. The van der Waals surface area contributed by atoms with Crippen LogP contribution in [0.1, 0.15) is 24.4 Å². The number of thiazole rings is 1. The molecule has 1 aromatic carbocycles. The van der Waals surface area contributed by atoms with Crippen molar-refractivity contribution in [1.82, 2.24) is 4.98 Å². The first kappa shape index (κ1) is 14.7. The van der Waals surface area contributed by atoms with E-state index in [0.29, 0.717) is 19.4 Å². The molecule has 0 saturated heterocycles. The van der Waals surface area contributed by atoms with E-state index in [0.717, 1.165) is 20.8 Å². The molecule has 2 rings (SSSR count). The Labute approximate surface area is 117 Å². The second-order valence-corrected chi connectivity index (χ2v) is 7.43. The van der Waals surface area contributed by atoms with Gasteiger partial charge in [-0.25, -0.2) is 4.98 Å². The molecule has 0 bridgehead atoms. The zero-order valence-corrected chi connectivity index (χ0v) is 13.1. The number of hydrogen-bond acceptors (Lipinski definition) is 5. The molecule has 19 heavy (non-hydrogen) atoms. The molecule has 1 heterocycles. The van der Waals surface area contributed by atoms with E-state index in [1.165, 1.54) is 0 Å². The standard InChI is InChI=1S/C13H18NO3PS/c1-4-16-18(15,17-5-2)9-11-6-7-13-12(8-11)14-10(3)19-13/h6-8H,4-5,9H2,1-3H3. The fourth-order valence-electron chi connectivity index (χ4n) is 1.93. The monoisotopic (exact) mass is 299 g/mol. The normalized spacial score (nSPS) is 12.2. The van der Waals surface area contributed by atoms with Gasteiger partial charge in [-0.3, -0.25) is 4.57 Å². The van der Waals surface area contributed by atoms with E-state index < -0.39 is 7.60 Å². The summed E-state index contributed by atoms with van der Waals surface area (Å²) in [6.07, 6.45) is 0.293. The molecule has 4 nitrogen and oxygen atoms in total. The maximum absolute atomic E-state index is 12.5. The van der Waals surface area contributed by atoms with Gasteiger partial charge in [0.05, 0.1) is 34.6 Å². The average Bonchev–Trinajstić information content (AvgIpc) is 2.68. The van der Waals surface area contributed by atoms with E-state index in [4.69, 9.17) is 9.05 Å². The minimum absolute atomic E-state index is 0.293. The van der Waals surface area contributed by atoms with Gasteiger partial charge in [-0.1, -0.05) is 6.07 Å². The minimum Gasteiger partial charge on any atom is -0.309 e. The molecule has 0 amide bonds. The van der Waals surface area contributed by atoms with Crippen molar-refractivity contribution >= 4 is 29.1 Å². The predicted octanol–water partition coefficient (Wildman–Crippen LogP) is 4.37. The summed E-state index contributed by atoms with van der Waals surface area (Å²) < 4.78 is 24.2. The van der Waals surface area contributed by atoms with Gasteiger partial charge >= 0.3 is 7.60 Å². The molecule has 6 heteroatoms. The molecule has 0 radical (unpaired) electrons. The van der Waals surface area contributed by atoms with Crippen LogP contribution in [0.4, 0.5) is 0 Å². The summed E-state index contributed by atoms with van der Waals surface area (Å²) in [5.74, 6) is 0. The third-order valence-corrected chi connectivity index (χ3v) is 5.59. The molecule has 0 aliphatic rings. The SMILES string of the molecule is CCOP(=O)(Cc1ccc2sc(C)nc2c1)OCC. The van der Waals surface area contributed by atoms with Crippen molar-refractivity contribution in [3.63, 3.8) is 0 Å². The first-order valence-electron chi connectivity index (χ1n) is 6.30. The fourth-order valence-corrected chi connectivity index (χ4v) is 4.43. The highest BCUT2D eigenvalue weighted by molar-refractivity contribution is 7.53. The number of hydrogen-bond donors (Lipinski definition) is 0. The topological polar surface area (TPSA) is 48.4 Å². The van der Waals surface area contributed by atoms with Gasteiger partial charge in [-0.2, -0.15) is 0 Å². The van der Waals surface area contributed by atoms with E-state index in [-0.39, 0.29) is 0 Å². The van der Waals surface area contributed by atoms with Crippen molar-refractivity contribution in [1.29, 1.82) is 0 Å². The number of nitrogens with zero attached hydrogens (tertiary/aromatic N) is 1. The van der Waals surface area contributed by atoms with Gasteiger partial charge in [-0.15, -0.1) is 11.3 Å². The van der Waals surface area contributed by atoms with Gasteiger partial charge in [0, 0.05) is 0 Å². The molecular weight excluding hydrogens is 281 g/mol. The summed E-state index contributed by atoms with van der Waals surface area (Å²) >= 11 is 1.66. The van der Waals surface area contributed by atoms with Crippen LogP contribution in [0, 0.1) is 6.92 Å². The van der Waals surface area contributed by atoms with Crippen molar-refractivity contribution in [2.75, 3.05) is 13.2 Å². The maximum atomic E-state index is 12.5. The molecule has 0 aliphatic heterocycles. The van der Waals surface area contributed by atoms with Crippen LogP contribution in [0.5, 0.6) is 0 Å². The highest BCUT2D eigenvalue weighted by Crippen LogP contribution is 2.51. The molecule has 0 fully saturated rings. The van der Waals surface area contributed by atoms with E-state index in [9.17, 15) is 4.57 Å². The van der Waals surface area contributed by atoms with Crippen LogP contribution in [-0.4, -0.2) is 18.2 Å². The Kier molecular flexibility index (Phi) is 4.74. The fraction of sp³-hybridized carbons (Fsp3) is 0.462. The molecule has 2 aromatic rings. The van der Waals surface area contributed by atoms with E-state index in [1.807, 2.05) is 39.0 Å². The van der Waals surface area contributed by atoms with Crippen LogP contribution in [-0.2, 0) is 19.8 Å². The highest BCUT2D eigenvalue weighted by Gasteiger charge is 2.24. The zero-order valence-electron chi connectivity index (χ0n) is 11.4. The number of fused-ring (bicyclic) bond motifs is 1. The van der Waals surface area contributed by atoms with Gasteiger partial charge in [0.25, 0.3) is 0 Å². The number of aromatic nitrogens is 1. The first-order valence-corrected chi connectivity index (χ1v) is 8.85. The Balaban J connectivity index is 2.25.